The molecule has 1 aromatic rings. The number of amides is 1. The summed E-state index contributed by atoms with van der Waals surface area (Å²) in [4.78, 5) is 13.7. The van der Waals surface area contributed by atoms with Crippen LogP contribution in [0.1, 0.15) is 30.9 Å². The number of likely N-dealkylation sites (tertiary alicyclic amines) is 1. The Morgan fingerprint density at radius 1 is 1.43 bits per heavy atom. The number of piperidine rings is 1. The van der Waals surface area contributed by atoms with E-state index in [1.165, 1.54) is 0 Å². The Morgan fingerprint density at radius 2 is 2.19 bits per heavy atom. The number of benzene rings is 1. The van der Waals surface area contributed by atoms with Crippen molar-refractivity contribution in [1.82, 2.24) is 4.90 Å². The molecule has 5 nitrogen and oxygen atoms in total. The van der Waals surface area contributed by atoms with E-state index in [1.807, 2.05) is 12.1 Å². The molecule has 0 aliphatic carbocycles. The van der Waals surface area contributed by atoms with Gasteiger partial charge in [0.1, 0.15) is 5.75 Å². The SMILES string of the molecule is COc1ccc(CN)cc1CN1CC(C(N)=O)CCC1C. The van der Waals surface area contributed by atoms with E-state index in [4.69, 9.17) is 16.2 Å². The maximum Gasteiger partial charge on any atom is 0.221 e. The zero-order chi connectivity index (χ0) is 15.4. The summed E-state index contributed by atoms with van der Waals surface area (Å²) < 4.78 is 5.44. The molecule has 1 heterocycles. The van der Waals surface area contributed by atoms with Gasteiger partial charge in [-0.2, -0.15) is 0 Å². The van der Waals surface area contributed by atoms with Gasteiger partial charge >= 0.3 is 0 Å². The first-order valence-corrected chi connectivity index (χ1v) is 7.44. The summed E-state index contributed by atoms with van der Waals surface area (Å²) in [7, 11) is 1.67. The Hall–Kier alpha value is -1.59. The molecule has 1 fully saturated rings. The molecule has 0 spiro atoms. The van der Waals surface area contributed by atoms with Gasteiger partial charge in [0.05, 0.1) is 13.0 Å². The van der Waals surface area contributed by atoms with Crippen LogP contribution in [0.4, 0.5) is 0 Å². The van der Waals surface area contributed by atoms with Gasteiger partial charge < -0.3 is 16.2 Å². The number of rotatable bonds is 5. The van der Waals surface area contributed by atoms with E-state index in [9.17, 15) is 4.79 Å². The molecule has 0 saturated carbocycles. The number of carbonyl (C=O) groups is 1. The number of hydrogen-bond donors (Lipinski definition) is 2. The molecule has 2 atom stereocenters. The molecule has 1 aromatic carbocycles. The van der Waals surface area contributed by atoms with Crippen molar-refractivity contribution < 1.29 is 9.53 Å². The molecule has 1 amide bonds. The Labute approximate surface area is 126 Å². The van der Waals surface area contributed by atoms with Crippen molar-refractivity contribution in [2.45, 2.75) is 38.9 Å². The lowest BCUT2D eigenvalue weighted by Crippen LogP contribution is -2.45. The van der Waals surface area contributed by atoms with Crippen LogP contribution in [-0.4, -0.2) is 30.5 Å². The smallest absolute Gasteiger partial charge is 0.221 e. The minimum atomic E-state index is -0.199. The maximum absolute atomic E-state index is 11.4. The highest BCUT2D eigenvalue weighted by Gasteiger charge is 2.29. The molecule has 0 radical (unpaired) electrons. The largest absolute Gasteiger partial charge is 0.496 e. The first-order valence-electron chi connectivity index (χ1n) is 7.44. The van der Waals surface area contributed by atoms with Gasteiger partial charge in [0.2, 0.25) is 5.91 Å². The molecule has 1 saturated heterocycles. The van der Waals surface area contributed by atoms with Crippen molar-refractivity contribution in [2.24, 2.45) is 17.4 Å². The first-order chi connectivity index (χ1) is 10.0. The van der Waals surface area contributed by atoms with Gasteiger partial charge in [-0.05, 0) is 37.5 Å². The third-order valence-corrected chi connectivity index (χ3v) is 4.37. The van der Waals surface area contributed by atoms with Gasteiger partial charge in [-0.15, -0.1) is 0 Å². The molecule has 0 bridgehead atoms. The average molecular weight is 291 g/mol. The van der Waals surface area contributed by atoms with E-state index < -0.39 is 0 Å². The highest BCUT2D eigenvalue weighted by atomic mass is 16.5. The van der Waals surface area contributed by atoms with E-state index in [2.05, 4.69) is 17.9 Å². The number of nitrogens with two attached hydrogens (primary N) is 2. The zero-order valence-corrected chi connectivity index (χ0v) is 12.8. The number of carbonyl (C=O) groups excluding carboxylic acids is 1. The van der Waals surface area contributed by atoms with Gasteiger partial charge in [0.25, 0.3) is 0 Å². The molecular formula is C16H25N3O2. The quantitative estimate of drug-likeness (QED) is 0.855. The second kappa shape index (κ2) is 6.91. The van der Waals surface area contributed by atoms with Crippen LogP contribution in [0.3, 0.4) is 0 Å². The molecule has 116 valence electrons. The molecule has 1 aliphatic heterocycles. The number of ether oxygens (including phenoxy) is 1. The van der Waals surface area contributed by atoms with Gasteiger partial charge in [0.15, 0.2) is 0 Å². The van der Waals surface area contributed by atoms with E-state index in [-0.39, 0.29) is 11.8 Å². The fourth-order valence-electron chi connectivity index (χ4n) is 2.93. The van der Waals surface area contributed by atoms with Crippen LogP contribution in [0.5, 0.6) is 5.75 Å². The predicted molar refractivity (Wildman–Crippen MR) is 82.7 cm³/mol. The fourth-order valence-corrected chi connectivity index (χ4v) is 2.93. The van der Waals surface area contributed by atoms with Crippen molar-refractivity contribution in [2.75, 3.05) is 13.7 Å². The van der Waals surface area contributed by atoms with Crippen LogP contribution in [0.2, 0.25) is 0 Å². The van der Waals surface area contributed by atoms with Crippen LogP contribution in [-0.2, 0) is 17.9 Å². The van der Waals surface area contributed by atoms with Crippen molar-refractivity contribution in [3.63, 3.8) is 0 Å². The standard InChI is InChI=1S/C16H25N3O2/c1-11-3-5-13(16(18)20)9-19(11)10-14-7-12(8-17)4-6-15(14)21-2/h4,6-7,11,13H,3,5,8-10,17H2,1-2H3,(H2,18,20). The second-order valence-electron chi connectivity index (χ2n) is 5.81. The zero-order valence-electron chi connectivity index (χ0n) is 12.8. The Bertz CT molecular complexity index is 504. The van der Waals surface area contributed by atoms with E-state index in [1.54, 1.807) is 7.11 Å². The molecule has 5 heteroatoms. The number of hydrogen-bond acceptors (Lipinski definition) is 4. The van der Waals surface area contributed by atoms with E-state index >= 15 is 0 Å². The Morgan fingerprint density at radius 3 is 2.81 bits per heavy atom. The lowest BCUT2D eigenvalue weighted by molar-refractivity contribution is -0.124. The Kier molecular flexibility index (Phi) is 5.20. The highest BCUT2D eigenvalue weighted by Crippen LogP contribution is 2.27. The summed E-state index contributed by atoms with van der Waals surface area (Å²) in [5.41, 5.74) is 13.4. The van der Waals surface area contributed by atoms with Crippen molar-refractivity contribution in [1.29, 1.82) is 0 Å². The number of primary amides is 1. The van der Waals surface area contributed by atoms with Gasteiger partial charge in [-0.25, -0.2) is 0 Å². The summed E-state index contributed by atoms with van der Waals surface area (Å²) in [5.74, 6) is 0.611. The summed E-state index contributed by atoms with van der Waals surface area (Å²) in [5, 5.41) is 0. The molecule has 1 aliphatic rings. The Balaban J connectivity index is 2.17. The maximum atomic E-state index is 11.4. The van der Waals surface area contributed by atoms with Crippen LogP contribution in [0.15, 0.2) is 18.2 Å². The topological polar surface area (TPSA) is 81.6 Å². The molecule has 21 heavy (non-hydrogen) atoms. The second-order valence-corrected chi connectivity index (χ2v) is 5.81. The van der Waals surface area contributed by atoms with Gasteiger partial charge in [-0.3, -0.25) is 9.69 Å². The molecular weight excluding hydrogens is 266 g/mol. The van der Waals surface area contributed by atoms with E-state index in [0.29, 0.717) is 19.1 Å². The monoisotopic (exact) mass is 291 g/mol. The summed E-state index contributed by atoms with van der Waals surface area (Å²) in [6.07, 6.45) is 1.87. The number of methoxy groups -OCH3 is 1. The van der Waals surface area contributed by atoms with Crippen LogP contribution in [0.25, 0.3) is 0 Å². The van der Waals surface area contributed by atoms with Crippen LogP contribution < -0.4 is 16.2 Å². The number of nitrogens with zero attached hydrogens (tertiary/aromatic N) is 1. The lowest BCUT2D eigenvalue weighted by Gasteiger charge is -2.37. The lowest BCUT2D eigenvalue weighted by atomic mass is 9.92. The molecule has 0 aromatic heterocycles. The summed E-state index contributed by atoms with van der Waals surface area (Å²) in [6.45, 7) is 4.17. The van der Waals surface area contributed by atoms with Gasteiger partial charge in [0, 0.05) is 31.2 Å². The third kappa shape index (κ3) is 3.74. The minimum Gasteiger partial charge on any atom is -0.496 e. The summed E-state index contributed by atoms with van der Waals surface area (Å²) in [6, 6.07) is 6.46. The normalized spacial score (nSPS) is 23.0. The first kappa shape index (κ1) is 15.8. The van der Waals surface area contributed by atoms with Gasteiger partial charge in [-0.1, -0.05) is 6.07 Å². The van der Waals surface area contributed by atoms with Crippen molar-refractivity contribution >= 4 is 5.91 Å². The predicted octanol–water partition coefficient (Wildman–Crippen LogP) is 1.24. The van der Waals surface area contributed by atoms with Crippen LogP contribution >= 0.6 is 0 Å². The molecule has 2 rings (SSSR count). The average Bonchev–Trinajstić information content (AvgIpc) is 2.49. The molecule has 4 N–H and O–H groups in total. The third-order valence-electron chi connectivity index (χ3n) is 4.37. The van der Waals surface area contributed by atoms with Crippen LogP contribution in [0, 0.1) is 5.92 Å². The minimum absolute atomic E-state index is 0.0510. The molecule has 2 unspecified atom stereocenters. The highest BCUT2D eigenvalue weighted by molar-refractivity contribution is 5.77. The van der Waals surface area contributed by atoms with Crippen molar-refractivity contribution in [3.05, 3.63) is 29.3 Å². The summed E-state index contributed by atoms with van der Waals surface area (Å²) >= 11 is 0. The fraction of sp³-hybridized carbons (Fsp3) is 0.562. The van der Waals surface area contributed by atoms with E-state index in [0.717, 1.165) is 36.3 Å². The van der Waals surface area contributed by atoms with Crippen molar-refractivity contribution in [3.8, 4) is 5.75 Å².